The number of rotatable bonds is 0. The van der Waals surface area contributed by atoms with Crippen LogP contribution >= 0.6 is 15.9 Å². The lowest BCUT2D eigenvalue weighted by Gasteiger charge is -2.43. The minimum atomic E-state index is 0.746. The van der Waals surface area contributed by atoms with Gasteiger partial charge in [0.1, 0.15) is 0 Å². The van der Waals surface area contributed by atoms with Crippen LogP contribution in [0.5, 0.6) is 0 Å². The average molecular weight is 267 g/mol. The predicted octanol–water partition coefficient (Wildman–Crippen LogP) is 4.46. The Kier molecular flexibility index (Phi) is 2.76. The van der Waals surface area contributed by atoms with Crippen LogP contribution in [-0.2, 0) is 0 Å². The summed E-state index contributed by atoms with van der Waals surface area (Å²) in [6.45, 7) is 0. The highest BCUT2D eigenvalue weighted by atomic mass is 79.9. The molecule has 0 aromatic heterocycles. The Morgan fingerprint density at radius 2 is 2.20 bits per heavy atom. The smallest absolute Gasteiger partial charge is 0.0186 e. The van der Waals surface area contributed by atoms with Gasteiger partial charge in [0.25, 0.3) is 0 Å². The van der Waals surface area contributed by atoms with Crippen molar-refractivity contribution in [3.63, 3.8) is 0 Å². The Hall–Kier alpha value is -0.0400. The van der Waals surface area contributed by atoms with Crippen molar-refractivity contribution in [2.45, 2.75) is 43.4 Å². The molecule has 4 unspecified atom stereocenters. The van der Waals surface area contributed by atoms with Crippen molar-refractivity contribution in [1.29, 1.82) is 0 Å². The Morgan fingerprint density at radius 1 is 1.27 bits per heavy atom. The van der Waals surface area contributed by atoms with Gasteiger partial charge in [-0.3, -0.25) is 0 Å². The summed E-state index contributed by atoms with van der Waals surface area (Å²) >= 11 is 3.80. The third-order valence-electron chi connectivity index (χ3n) is 4.50. The largest absolute Gasteiger partial charge is 0.0887 e. The number of fused-ring (bicyclic) bond motifs is 3. The maximum Gasteiger partial charge on any atom is 0.0186 e. The number of hydrogen-bond donors (Lipinski definition) is 0. The summed E-state index contributed by atoms with van der Waals surface area (Å²) in [7, 11) is 0. The lowest BCUT2D eigenvalue weighted by Crippen LogP contribution is -2.33. The van der Waals surface area contributed by atoms with Gasteiger partial charge < -0.3 is 0 Å². The average Bonchev–Trinajstić information content (AvgIpc) is 2.29. The molecule has 0 spiro atoms. The lowest BCUT2D eigenvalue weighted by atomic mass is 9.63. The molecule has 1 heteroatoms. The molecule has 0 nitrogen and oxygen atoms in total. The Morgan fingerprint density at radius 3 is 3.13 bits per heavy atom. The highest BCUT2D eigenvalue weighted by molar-refractivity contribution is 9.09. The lowest BCUT2D eigenvalue weighted by molar-refractivity contribution is 0.202. The van der Waals surface area contributed by atoms with Crippen LogP contribution in [0.2, 0.25) is 0 Å². The topological polar surface area (TPSA) is 0 Å². The van der Waals surface area contributed by atoms with Crippen molar-refractivity contribution in [2.24, 2.45) is 17.8 Å². The number of allylic oxidation sites excluding steroid dienone is 4. The zero-order valence-electron chi connectivity index (χ0n) is 9.16. The quantitative estimate of drug-likeness (QED) is 0.449. The molecule has 3 rings (SSSR count). The van der Waals surface area contributed by atoms with Crippen molar-refractivity contribution in [1.82, 2.24) is 0 Å². The standard InChI is InChI=1S/C14H19Br/c15-12-8-7-11-6-5-10-3-1-2-4-13(10)14(11)9-12/h1,3,7,10,12-14H,2,4-6,8-9H2. The summed E-state index contributed by atoms with van der Waals surface area (Å²) in [4.78, 5) is 0.746. The summed E-state index contributed by atoms with van der Waals surface area (Å²) in [5, 5.41) is 0. The maximum atomic E-state index is 3.80. The third kappa shape index (κ3) is 1.84. The molecule has 0 aromatic carbocycles. The fraction of sp³-hybridized carbons (Fsp3) is 0.714. The molecular formula is C14H19Br. The van der Waals surface area contributed by atoms with Crippen molar-refractivity contribution in [3.8, 4) is 0 Å². The molecule has 0 aromatic rings. The van der Waals surface area contributed by atoms with Gasteiger partial charge in [-0.05, 0) is 56.3 Å². The zero-order valence-corrected chi connectivity index (χ0v) is 10.7. The van der Waals surface area contributed by atoms with Crippen LogP contribution < -0.4 is 0 Å². The first-order valence-electron chi connectivity index (χ1n) is 6.34. The molecule has 0 N–H and O–H groups in total. The van der Waals surface area contributed by atoms with E-state index in [0.717, 1.165) is 22.6 Å². The van der Waals surface area contributed by atoms with Crippen LogP contribution in [0, 0.1) is 17.8 Å². The Bertz CT molecular complexity index is 302. The zero-order chi connectivity index (χ0) is 10.3. The van der Waals surface area contributed by atoms with E-state index in [4.69, 9.17) is 0 Å². The van der Waals surface area contributed by atoms with Crippen molar-refractivity contribution in [3.05, 3.63) is 23.8 Å². The van der Waals surface area contributed by atoms with Gasteiger partial charge in [0, 0.05) is 4.83 Å². The molecule has 4 atom stereocenters. The molecule has 0 saturated heterocycles. The Balaban J connectivity index is 1.86. The van der Waals surface area contributed by atoms with Crippen LogP contribution in [0.15, 0.2) is 23.8 Å². The van der Waals surface area contributed by atoms with Crippen LogP contribution in [-0.4, -0.2) is 4.83 Å². The van der Waals surface area contributed by atoms with E-state index in [1.165, 1.54) is 38.5 Å². The predicted molar refractivity (Wildman–Crippen MR) is 68.1 cm³/mol. The van der Waals surface area contributed by atoms with Gasteiger partial charge in [-0.1, -0.05) is 39.7 Å². The van der Waals surface area contributed by atoms with Gasteiger partial charge in [-0.15, -0.1) is 0 Å². The molecule has 3 aliphatic carbocycles. The molecular weight excluding hydrogens is 248 g/mol. The van der Waals surface area contributed by atoms with E-state index in [1.807, 2.05) is 0 Å². The van der Waals surface area contributed by atoms with E-state index in [9.17, 15) is 0 Å². The summed E-state index contributed by atoms with van der Waals surface area (Å²) in [5.74, 6) is 2.78. The minimum Gasteiger partial charge on any atom is -0.0887 e. The second-order valence-electron chi connectivity index (χ2n) is 5.33. The highest BCUT2D eigenvalue weighted by Gasteiger charge is 2.37. The molecule has 82 valence electrons. The molecule has 15 heavy (non-hydrogen) atoms. The van der Waals surface area contributed by atoms with E-state index < -0.39 is 0 Å². The van der Waals surface area contributed by atoms with Crippen LogP contribution in [0.1, 0.15) is 38.5 Å². The summed E-state index contributed by atoms with van der Waals surface area (Å²) in [6, 6.07) is 0. The van der Waals surface area contributed by atoms with Gasteiger partial charge in [-0.2, -0.15) is 0 Å². The molecule has 1 fully saturated rings. The first-order valence-corrected chi connectivity index (χ1v) is 7.26. The van der Waals surface area contributed by atoms with Crippen LogP contribution in [0.3, 0.4) is 0 Å². The Labute approximate surface area is 101 Å². The SMILES string of the molecule is BrC1CC=C2CCC3C=CCCC3C2C1. The fourth-order valence-electron chi connectivity index (χ4n) is 3.75. The van der Waals surface area contributed by atoms with E-state index in [0.29, 0.717) is 0 Å². The molecule has 0 radical (unpaired) electrons. The number of hydrogen-bond acceptors (Lipinski definition) is 0. The van der Waals surface area contributed by atoms with Gasteiger partial charge >= 0.3 is 0 Å². The molecule has 0 bridgehead atoms. The van der Waals surface area contributed by atoms with Crippen LogP contribution in [0.4, 0.5) is 0 Å². The fourth-order valence-corrected chi connectivity index (χ4v) is 4.34. The van der Waals surface area contributed by atoms with Crippen molar-refractivity contribution < 1.29 is 0 Å². The summed E-state index contributed by atoms with van der Waals surface area (Å²) < 4.78 is 0. The van der Waals surface area contributed by atoms with Gasteiger partial charge in [0.05, 0.1) is 0 Å². The molecule has 1 saturated carbocycles. The second kappa shape index (κ2) is 4.08. The number of halogens is 1. The van der Waals surface area contributed by atoms with E-state index in [2.05, 4.69) is 34.2 Å². The minimum absolute atomic E-state index is 0.746. The molecule has 0 aliphatic heterocycles. The van der Waals surface area contributed by atoms with Crippen LogP contribution in [0.25, 0.3) is 0 Å². The van der Waals surface area contributed by atoms with Crippen molar-refractivity contribution >= 4 is 15.9 Å². The highest BCUT2D eigenvalue weighted by Crippen LogP contribution is 2.48. The van der Waals surface area contributed by atoms with Gasteiger partial charge in [0.2, 0.25) is 0 Å². The second-order valence-corrected chi connectivity index (χ2v) is 6.62. The number of alkyl halides is 1. The van der Waals surface area contributed by atoms with Gasteiger partial charge in [-0.25, -0.2) is 0 Å². The molecule has 0 amide bonds. The van der Waals surface area contributed by atoms with Crippen molar-refractivity contribution in [2.75, 3.05) is 0 Å². The van der Waals surface area contributed by atoms with E-state index >= 15 is 0 Å². The summed E-state index contributed by atoms with van der Waals surface area (Å²) in [6.07, 6.45) is 15.6. The van der Waals surface area contributed by atoms with E-state index in [1.54, 1.807) is 5.57 Å². The van der Waals surface area contributed by atoms with E-state index in [-0.39, 0.29) is 0 Å². The monoisotopic (exact) mass is 266 g/mol. The normalized spacial score (nSPS) is 44.2. The molecule has 3 aliphatic rings. The van der Waals surface area contributed by atoms with Gasteiger partial charge in [0.15, 0.2) is 0 Å². The third-order valence-corrected chi connectivity index (χ3v) is 5.25. The first-order chi connectivity index (χ1) is 7.34. The first kappa shape index (κ1) is 10.1. The molecule has 0 heterocycles. The summed E-state index contributed by atoms with van der Waals surface area (Å²) in [5.41, 5.74) is 1.79. The maximum absolute atomic E-state index is 3.80.